The number of para-hydroxylation sites is 1. The summed E-state index contributed by atoms with van der Waals surface area (Å²) in [5.74, 6) is -2.17. The van der Waals surface area contributed by atoms with Gasteiger partial charge in [0, 0.05) is 30.9 Å². The first-order valence-corrected chi connectivity index (χ1v) is 12.1. The van der Waals surface area contributed by atoms with Gasteiger partial charge in [0.1, 0.15) is 0 Å². The second-order valence-corrected chi connectivity index (χ2v) is 9.18. The quantitative estimate of drug-likeness (QED) is 0.262. The molecule has 1 aliphatic heterocycles. The van der Waals surface area contributed by atoms with Crippen LogP contribution in [0.3, 0.4) is 0 Å². The number of ether oxygens (including phenoxy) is 2. The van der Waals surface area contributed by atoms with Crippen molar-refractivity contribution < 1.29 is 33.4 Å². The van der Waals surface area contributed by atoms with Crippen LogP contribution in [0, 0.1) is 0 Å². The number of benzene rings is 3. The van der Waals surface area contributed by atoms with Crippen LogP contribution in [0.4, 0.5) is 11.4 Å². The highest BCUT2D eigenvalue weighted by Crippen LogP contribution is 2.43. The lowest BCUT2D eigenvalue weighted by molar-refractivity contribution is -0.117. The Morgan fingerprint density at radius 2 is 1.67 bits per heavy atom. The number of carbonyl (C=O) groups is 3. The van der Waals surface area contributed by atoms with Gasteiger partial charge in [-0.25, -0.2) is 4.79 Å². The number of esters is 1. The molecule has 2 heterocycles. The molecule has 0 radical (unpaired) electrons. The van der Waals surface area contributed by atoms with E-state index in [0.717, 1.165) is 5.69 Å². The minimum atomic E-state index is -0.958. The lowest BCUT2D eigenvalue weighted by Gasteiger charge is -2.27. The van der Waals surface area contributed by atoms with E-state index < -0.39 is 29.5 Å². The van der Waals surface area contributed by atoms with Crippen molar-refractivity contribution in [2.45, 2.75) is 6.04 Å². The predicted octanol–water partition coefficient (Wildman–Crippen LogP) is 5.08. The molecule has 0 aliphatic carbocycles. The molecule has 39 heavy (non-hydrogen) atoms. The first kappa shape index (κ1) is 25.6. The highest BCUT2D eigenvalue weighted by Gasteiger charge is 2.45. The zero-order chi connectivity index (χ0) is 27.8. The Labute approximate surface area is 224 Å². The molecule has 9 heteroatoms. The molecule has 1 aliphatic rings. The van der Waals surface area contributed by atoms with Gasteiger partial charge in [-0.05, 0) is 54.1 Å². The number of carbonyl (C=O) groups excluding carboxylic acids is 3. The lowest BCUT2D eigenvalue weighted by Crippen LogP contribution is -2.31. The lowest BCUT2D eigenvalue weighted by atomic mass is 9.94. The Morgan fingerprint density at radius 1 is 0.974 bits per heavy atom. The minimum Gasteiger partial charge on any atom is -0.503 e. The van der Waals surface area contributed by atoms with Crippen LogP contribution >= 0.6 is 0 Å². The zero-order valence-corrected chi connectivity index (χ0v) is 21.8. The number of furan rings is 1. The van der Waals surface area contributed by atoms with Gasteiger partial charge >= 0.3 is 5.97 Å². The van der Waals surface area contributed by atoms with Gasteiger partial charge in [0.25, 0.3) is 5.91 Å². The first-order chi connectivity index (χ1) is 18.7. The van der Waals surface area contributed by atoms with Crippen LogP contribution in [0.25, 0.3) is 11.0 Å². The Kier molecular flexibility index (Phi) is 6.57. The molecule has 4 aromatic rings. The maximum Gasteiger partial charge on any atom is 0.337 e. The van der Waals surface area contributed by atoms with Gasteiger partial charge in [-0.2, -0.15) is 0 Å². The molecule has 0 spiro atoms. The second-order valence-electron chi connectivity index (χ2n) is 9.18. The molecule has 1 unspecified atom stereocenters. The number of hydrogen-bond acceptors (Lipinski definition) is 8. The number of aliphatic hydroxyl groups is 1. The topological polar surface area (TPSA) is 110 Å². The summed E-state index contributed by atoms with van der Waals surface area (Å²) in [6.07, 6.45) is 0. The van der Waals surface area contributed by atoms with E-state index in [9.17, 15) is 19.5 Å². The number of methoxy groups -OCH3 is 2. The van der Waals surface area contributed by atoms with Gasteiger partial charge in [0.2, 0.25) is 5.78 Å². The average molecular weight is 527 g/mol. The number of amides is 1. The molecule has 1 aromatic heterocycles. The summed E-state index contributed by atoms with van der Waals surface area (Å²) >= 11 is 0. The van der Waals surface area contributed by atoms with Crippen LogP contribution in [0.5, 0.6) is 5.75 Å². The summed E-state index contributed by atoms with van der Waals surface area (Å²) in [7, 11) is 6.58. The van der Waals surface area contributed by atoms with Crippen molar-refractivity contribution in [3.05, 3.63) is 101 Å². The Hall–Kier alpha value is -5.05. The van der Waals surface area contributed by atoms with E-state index in [1.54, 1.807) is 48.5 Å². The van der Waals surface area contributed by atoms with Crippen molar-refractivity contribution in [2.24, 2.45) is 0 Å². The Balaban J connectivity index is 1.63. The number of rotatable bonds is 7. The van der Waals surface area contributed by atoms with Gasteiger partial charge in [0.15, 0.2) is 22.9 Å². The molecule has 1 amide bonds. The normalized spacial score (nSPS) is 15.1. The molecule has 198 valence electrons. The van der Waals surface area contributed by atoms with Gasteiger partial charge in [-0.15, -0.1) is 0 Å². The average Bonchev–Trinajstić information content (AvgIpc) is 3.51. The fourth-order valence-corrected chi connectivity index (χ4v) is 4.69. The predicted molar refractivity (Wildman–Crippen MR) is 146 cm³/mol. The van der Waals surface area contributed by atoms with Gasteiger partial charge < -0.3 is 23.9 Å². The van der Waals surface area contributed by atoms with Crippen molar-refractivity contribution in [3.8, 4) is 5.75 Å². The molecule has 0 saturated heterocycles. The summed E-state index contributed by atoms with van der Waals surface area (Å²) < 4.78 is 16.0. The Morgan fingerprint density at radius 3 is 2.28 bits per heavy atom. The van der Waals surface area contributed by atoms with E-state index >= 15 is 0 Å². The minimum absolute atomic E-state index is 0.0401. The molecule has 5 rings (SSSR count). The monoisotopic (exact) mass is 526 g/mol. The summed E-state index contributed by atoms with van der Waals surface area (Å²) in [5.41, 5.74) is 2.47. The van der Waals surface area contributed by atoms with Crippen LogP contribution in [0.1, 0.15) is 32.5 Å². The number of fused-ring (bicyclic) bond motifs is 1. The third-order valence-electron chi connectivity index (χ3n) is 6.70. The molecular weight excluding hydrogens is 500 g/mol. The van der Waals surface area contributed by atoms with E-state index in [2.05, 4.69) is 0 Å². The smallest absolute Gasteiger partial charge is 0.337 e. The summed E-state index contributed by atoms with van der Waals surface area (Å²) in [5, 5.41) is 11.7. The van der Waals surface area contributed by atoms with Gasteiger partial charge in [-0.3, -0.25) is 14.5 Å². The largest absolute Gasteiger partial charge is 0.503 e. The number of ketones is 1. The number of aliphatic hydroxyl groups excluding tert-OH is 1. The van der Waals surface area contributed by atoms with Crippen molar-refractivity contribution in [1.82, 2.24) is 0 Å². The third kappa shape index (κ3) is 4.37. The summed E-state index contributed by atoms with van der Waals surface area (Å²) in [4.78, 5) is 42.6. The van der Waals surface area contributed by atoms with Crippen molar-refractivity contribution >= 4 is 40.0 Å². The highest BCUT2D eigenvalue weighted by molar-refractivity contribution is 6.20. The molecule has 0 bridgehead atoms. The van der Waals surface area contributed by atoms with E-state index in [-0.39, 0.29) is 11.3 Å². The number of hydrogen-bond donors (Lipinski definition) is 1. The van der Waals surface area contributed by atoms with Crippen LogP contribution in [0.15, 0.2) is 88.5 Å². The maximum atomic E-state index is 13.9. The summed E-state index contributed by atoms with van der Waals surface area (Å²) in [6.45, 7) is 0. The highest BCUT2D eigenvalue weighted by atomic mass is 16.5. The molecule has 0 saturated carbocycles. The summed E-state index contributed by atoms with van der Waals surface area (Å²) in [6, 6.07) is 19.4. The van der Waals surface area contributed by atoms with Crippen LogP contribution in [-0.4, -0.2) is 51.1 Å². The number of anilines is 2. The Bertz CT molecular complexity index is 1620. The molecule has 1 N–H and O–H groups in total. The molecule has 9 nitrogen and oxygen atoms in total. The molecular formula is C30H26N2O7. The van der Waals surface area contributed by atoms with Gasteiger partial charge in [0.05, 0.1) is 31.4 Å². The second kappa shape index (κ2) is 10.0. The molecule has 0 fully saturated rings. The van der Waals surface area contributed by atoms with Gasteiger partial charge in [-0.1, -0.05) is 24.3 Å². The SMILES string of the molecule is COC(=O)c1ccc(N2C(=O)C(O)=C(C(=O)c3cc4cccc(OC)c4o3)C2c2ccc(N(C)C)cc2)cc1. The van der Waals surface area contributed by atoms with Crippen LogP contribution in [-0.2, 0) is 9.53 Å². The maximum absolute atomic E-state index is 13.9. The molecule has 3 aromatic carbocycles. The van der Waals surface area contributed by atoms with E-state index in [1.165, 1.54) is 31.3 Å². The van der Waals surface area contributed by atoms with Crippen molar-refractivity contribution in [3.63, 3.8) is 0 Å². The first-order valence-electron chi connectivity index (χ1n) is 12.1. The zero-order valence-electron chi connectivity index (χ0n) is 21.8. The van der Waals surface area contributed by atoms with E-state index in [1.807, 2.05) is 31.1 Å². The van der Waals surface area contributed by atoms with Crippen molar-refractivity contribution in [2.75, 3.05) is 38.1 Å². The standard InChI is InChI=1S/C30H26N2O7/c1-31(2)20-12-8-17(9-13-20)25-24(26(33)23-16-19-6-5-7-22(37-3)28(19)39-23)27(34)29(35)32(25)21-14-10-18(11-15-21)30(36)38-4/h5-16,25,34H,1-4H3. The fourth-order valence-electron chi connectivity index (χ4n) is 4.69. The van der Waals surface area contributed by atoms with Crippen LogP contribution in [0.2, 0.25) is 0 Å². The van der Waals surface area contributed by atoms with E-state index in [4.69, 9.17) is 13.9 Å². The van der Waals surface area contributed by atoms with Crippen LogP contribution < -0.4 is 14.5 Å². The fraction of sp³-hybridized carbons (Fsp3) is 0.167. The van der Waals surface area contributed by atoms with Crippen molar-refractivity contribution in [1.29, 1.82) is 0 Å². The number of nitrogens with zero attached hydrogens (tertiary/aromatic N) is 2. The third-order valence-corrected chi connectivity index (χ3v) is 6.70. The molecule has 1 atom stereocenters. The number of Topliss-reactive ketones (excluding diaryl/α,β-unsaturated/α-hetero) is 1. The van der Waals surface area contributed by atoms with E-state index in [0.29, 0.717) is 33.5 Å².